The van der Waals surface area contributed by atoms with Crippen LogP contribution >= 0.6 is 0 Å². The molecule has 28 heavy (non-hydrogen) atoms. The number of rotatable bonds is 3. The van der Waals surface area contributed by atoms with Gasteiger partial charge in [-0.05, 0) is 56.3 Å². The molecule has 4 N–H and O–H groups in total. The normalized spacial score (nSPS) is 22.6. The lowest BCUT2D eigenvalue weighted by molar-refractivity contribution is -0.120. The molecule has 1 aromatic heterocycles. The zero-order valence-electron chi connectivity index (χ0n) is 16.4. The molecule has 7 nitrogen and oxygen atoms in total. The van der Waals surface area contributed by atoms with Gasteiger partial charge in [-0.2, -0.15) is 0 Å². The van der Waals surface area contributed by atoms with Crippen molar-refractivity contribution in [3.63, 3.8) is 0 Å². The molecule has 0 unspecified atom stereocenters. The maximum absolute atomic E-state index is 12.2. The molecule has 7 heteroatoms. The number of nitrogens with one attached hydrogen (secondary N) is 1. The van der Waals surface area contributed by atoms with E-state index in [4.69, 9.17) is 5.73 Å². The van der Waals surface area contributed by atoms with E-state index in [1.807, 2.05) is 19.1 Å². The fourth-order valence-electron chi connectivity index (χ4n) is 4.13. The van der Waals surface area contributed by atoms with E-state index in [0.29, 0.717) is 24.9 Å². The number of amides is 3. The Bertz CT molecular complexity index is 824. The van der Waals surface area contributed by atoms with Crippen molar-refractivity contribution >= 4 is 28.5 Å². The first-order chi connectivity index (χ1) is 13.6. The Morgan fingerprint density at radius 1 is 1.18 bits per heavy atom. The van der Waals surface area contributed by atoms with E-state index in [9.17, 15) is 14.7 Å². The Kier molecular flexibility index (Phi) is 6.70. The van der Waals surface area contributed by atoms with E-state index >= 15 is 0 Å². The number of aliphatic hydroxyl groups is 1. The van der Waals surface area contributed by atoms with Crippen molar-refractivity contribution < 1.29 is 14.7 Å². The van der Waals surface area contributed by atoms with Gasteiger partial charge in [-0.3, -0.25) is 15.0 Å². The highest BCUT2D eigenvalue weighted by Gasteiger charge is 2.27. The van der Waals surface area contributed by atoms with Gasteiger partial charge in [-0.1, -0.05) is 13.0 Å². The molecule has 1 aliphatic carbocycles. The van der Waals surface area contributed by atoms with Gasteiger partial charge < -0.3 is 15.4 Å². The van der Waals surface area contributed by atoms with Crippen LogP contribution in [-0.2, 0) is 4.79 Å². The zero-order valence-corrected chi connectivity index (χ0v) is 16.4. The van der Waals surface area contributed by atoms with Crippen molar-refractivity contribution in [2.45, 2.75) is 45.1 Å². The third-order valence-corrected chi connectivity index (χ3v) is 5.55. The predicted octanol–water partition coefficient (Wildman–Crippen LogP) is 2.78. The largest absolute Gasteiger partial charge is 0.396 e. The van der Waals surface area contributed by atoms with Crippen LogP contribution in [0.3, 0.4) is 0 Å². The number of hydrogen-bond acceptors (Lipinski definition) is 4. The molecule has 1 aliphatic heterocycles. The predicted molar refractivity (Wildman–Crippen MR) is 110 cm³/mol. The number of nitrogens with two attached hydrogens (primary N) is 1. The number of urea groups is 1. The average molecular weight is 386 g/mol. The second-order valence-electron chi connectivity index (χ2n) is 7.45. The molecule has 0 atom stereocenters. The van der Waals surface area contributed by atoms with Crippen LogP contribution in [0, 0.1) is 5.92 Å². The summed E-state index contributed by atoms with van der Waals surface area (Å²) in [5, 5.41) is 12.8. The van der Waals surface area contributed by atoms with Gasteiger partial charge in [-0.15, -0.1) is 0 Å². The Labute approximate surface area is 165 Å². The lowest BCUT2D eigenvalue weighted by Crippen LogP contribution is -2.49. The van der Waals surface area contributed by atoms with Gasteiger partial charge >= 0.3 is 6.03 Å². The highest BCUT2D eigenvalue weighted by molar-refractivity contribution is 6.09. The summed E-state index contributed by atoms with van der Waals surface area (Å²) in [6, 6.07) is 8.14. The molecule has 1 saturated carbocycles. The number of hydrogen-bond donors (Lipinski definition) is 3. The Morgan fingerprint density at radius 2 is 1.89 bits per heavy atom. The third kappa shape index (κ3) is 4.20. The standard InChI is InChI=1S/C19H23N3O3.C2H7N/c23-12-13-4-6-14(7-5-13)21-10-8-15-16(21)2-1-3-17(15)22-11-9-18(24)20-19(22)25;1-2-3/h1-3,8,10,13-14,23H,4-7,9,11-12H2,(H,20,24,25);2-3H2,1H3. The van der Waals surface area contributed by atoms with Crippen molar-refractivity contribution in [3.8, 4) is 0 Å². The third-order valence-electron chi connectivity index (χ3n) is 5.55. The number of aliphatic hydroxyl groups excluding tert-OH is 1. The minimum atomic E-state index is -0.347. The maximum Gasteiger partial charge on any atom is 0.328 e. The molecular weight excluding hydrogens is 356 g/mol. The molecule has 152 valence electrons. The molecule has 3 amide bonds. The highest BCUT2D eigenvalue weighted by atomic mass is 16.3. The first-order valence-electron chi connectivity index (χ1n) is 10.1. The lowest BCUT2D eigenvalue weighted by Gasteiger charge is -2.29. The molecule has 2 fully saturated rings. The van der Waals surface area contributed by atoms with Crippen LogP contribution in [0.15, 0.2) is 30.5 Å². The molecule has 1 saturated heterocycles. The molecule has 2 aromatic rings. The SMILES string of the molecule is CCN.O=C1CCN(c2cccc3c2ccn3C2CCC(CO)CC2)C(=O)N1. The van der Waals surface area contributed by atoms with Crippen LogP contribution in [0.2, 0.25) is 0 Å². The van der Waals surface area contributed by atoms with Gasteiger partial charge in [-0.25, -0.2) is 4.79 Å². The molecule has 0 bridgehead atoms. The van der Waals surface area contributed by atoms with Crippen molar-refractivity contribution in [3.05, 3.63) is 30.5 Å². The second-order valence-corrected chi connectivity index (χ2v) is 7.45. The zero-order chi connectivity index (χ0) is 20.1. The summed E-state index contributed by atoms with van der Waals surface area (Å²) in [5.41, 5.74) is 6.82. The minimum absolute atomic E-state index is 0.216. The first kappa shape index (κ1) is 20.4. The van der Waals surface area contributed by atoms with E-state index in [1.165, 1.54) is 0 Å². The monoisotopic (exact) mass is 386 g/mol. The first-order valence-corrected chi connectivity index (χ1v) is 10.1. The summed E-state index contributed by atoms with van der Waals surface area (Å²) in [4.78, 5) is 25.2. The summed E-state index contributed by atoms with van der Waals surface area (Å²) in [7, 11) is 0. The summed E-state index contributed by atoms with van der Waals surface area (Å²) >= 11 is 0. The average Bonchev–Trinajstić information content (AvgIpc) is 3.13. The van der Waals surface area contributed by atoms with Crippen LogP contribution in [0.1, 0.15) is 45.1 Å². The topological polar surface area (TPSA) is 101 Å². The van der Waals surface area contributed by atoms with Gasteiger partial charge in [0.05, 0.1) is 11.2 Å². The second kappa shape index (κ2) is 9.21. The van der Waals surface area contributed by atoms with Crippen LogP contribution in [0.4, 0.5) is 10.5 Å². The number of benzene rings is 1. The molecule has 1 aromatic carbocycles. The molecule has 2 heterocycles. The Hall–Kier alpha value is -2.38. The van der Waals surface area contributed by atoms with Gasteiger partial charge in [0.2, 0.25) is 5.91 Å². The van der Waals surface area contributed by atoms with E-state index < -0.39 is 0 Å². The van der Waals surface area contributed by atoms with Crippen LogP contribution < -0.4 is 16.0 Å². The molecule has 0 spiro atoms. The number of aromatic nitrogens is 1. The minimum Gasteiger partial charge on any atom is -0.396 e. The quantitative estimate of drug-likeness (QED) is 0.755. The van der Waals surface area contributed by atoms with E-state index in [0.717, 1.165) is 48.8 Å². The van der Waals surface area contributed by atoms with Crippen LogP contribution in [0.25, 0.3) is 10.9 Å². The van der Waals surface area contributed by atoms with E-state index in [2.05, 4.69) is 28.2 Å². The Balaban J connectivity index is 0.000000706. The number of carbonyl (C=O) groups is 2. The Morgan fingerprint density at radius 3 is 2.54 bits per heavy atom. The van der Waals surface area contributed by atoms with Crippen molar-refractivity contribution in [2.75, 3.05) is 24.6 Å². The molecule has 2 aliphatic rings. The van der Waals surface area contributed by atoms with Crippen molar-refractivity contribution in [1.29, 1.82) is 0 Å². The number of imide groups is 1. The number of anilines is 1. The van der Waals surface area contributed by atoms with E-state index in [-0.39, 0.29) is 18.5 Å². The van der Waals surface area contributed by atoms with Gasteiger partial charge in [0.25, 0.3) is 0 Å². The van der Waals surface area contributed by atoms with Crippen LogP contribution in [0.5, 0.6) is 0 Å². The van der Waals surface area contributed by atoms with Crippen LogP contribution in [-0.4, -0.2) is 41.3 Å². The van der Waals surface area contributed by atoms with Crippen molar-refractivity contribution in [2.24, 2.45) is 11.7 Å². The lowest BCUT2D eigenvalue weighted by atomic mass is 9.86. The molecular formula is C21H30N4O3. The summed E-state index contributed by atoms with van der Waals surface area (Å²) < 4.78 is 2.30. The molecule has 0 radical (unpaired) electrons. The molecule has 4 rings (SSSR count). The van der Waals surface area contributed by atoms with Gasteiger partial charge in [0.15, 0.2) is 0 Å². The summed E-state index contributed by atoms with van der Waals surface area (Å²) in [6.07, 6.45) is 6.67. The number of nitrogens with zero attached hydrogens (tertiary/aromatic N) is 2. The van der Waals surface area contributed by atoms with Gasteiger partial charge in [0, 0.05) is 37.2 Å². The fourth-order valence-corrected chi connectivity index (χ4v) is 4.13. The highest BCUT2D eigenvalue weighted by Crippen LogP contribution is 2.36. The summed E-state index contributed by atoms with van der Waals surface area (Å²) in [6.45, 7) is 3.35. The summed E-state index contributed by atoms with van der Waals surface area (Å²) in [5.74, 6) is 0.217. The fraction of sp³-hybridized carbons (Fsp3) is 0.524. The van der Waals surface area contributed by atoms with Gasteiger partial charge in [0.1, 0.15) is 0 Å². The smallest absolute Gasteiger partial charge is 0.328 e. The van der Waals surface area contributed by atoms with E-state index in [1.54, 1.807) is 4.90 Å². The maximum atomic E-state index is 12.2. The van der Waals surface area contributed by atoms with Crippen molar-refractivity contribution in [1.82, 2.24) is 9.88 Å². The number of carbonyl (C=O) groups excluding carboxylic acids is 2. The number of fused-ring (bicyclic) bond motifs is 1.